The van der Waals surface area contributed by atoms with Crippen LogP contribution in [0.3, 0.4) is 0 Å². The molecule has 0 aliphatic carbocycles. The fourth-order valence-corrected chi connectivity index (χ4v) is 0.937. The molecule has 1 heterocycles. The van der Waals surface area contributed by atoms with Gasteiger partial charge in [-0.25, -0.2) is 4.98 Å². The van der Waals surface area contributed by atoms with E-state index in [4.69, 9.17) is 28.6 Å². The SMILES string of the molecule is CN(C)C(=S)OCc1ccc(Cl)nc1. The van der Waals surface area contributed by atoms with E-state index >= 15 is 0 Å². The summed E-state index contributed by atoms with van der Waals surface area (Å²) in [5, 5.41) is 0.934. The van der Waals surface area contributed by atoms with E-state index in [1.165, 1.54) is 0 Å². The molecule has 3 nitrogen and oxygen atoms in total. The minimum absolute atomic E-state index is 0.418. The molecule has 0 aliphatic heterocycles. The van der Waals surface area contributed by atoms with Crippen LogP contribution < -0.4 is 0 Å². The van der Waals surface area contributed by atoms with E-state index in [0.29, 0.717) is 16.9 Å². The van der Waals surface area contributed by atoms with Crippen LogP contribution in [0.4, 0.5) is 0 Å². The van der Waals surface area contributed by atoms with Crippen LogP contribution in [-0.2, 0) is 11.3 Å². The third kappa shape index (κ3) is 3.47. The van der Waals surface area contributed by atoms with Gasteiger partial charge < -0.3 is 9.64 Å². The molecule has 0 bridgehead atoms. The fourth-order valence-electron chi connectivity index (χ4n) is 0.766. The largest absolute Gasteiger partial charge is 0.466 e. The highest BCUT2D eigenvalue weighted by atomic mass is 35.5. The van der Waals surface area contributed by atoms with Gasteiger partial charge in [-0.05, 0) is 18.3 Å². The maximum Gasteiger partial charge on any atom is 0.259 e. The zero-order valence-corrected chi connectivity index (χ0v) is 9.60. The zero-order chi connectivity index (χ0) is 10.6. The lowest BCUT2D eigenvalue weighted by Crippen LogP contribution is -2.22. The highest BCUT2D eigenvalue weighted by molar-refractivity contribution is 7.79. The maximum atomic E-state index is 5.64. The summed E-state index contributed by atoms with van der Waals surface area (Å²) < 4.78 is 5.30. The molecule has 0 radical (unpaired) electrons. The molecule has 0 atom stereocenters. The standard InChI is InChI=1S/C9H11ClN2OS/c1-12(2)9(14)13-6-7-3-4-8(10)11-5-7/h3-5H,6H2,1-2H3. The highest BCUT2D eigenvalue weighted by Crippen LogP contribution is 2.06. The van der Waals surface area contributed by atoms with Gasteiger partial charge in [0.1, 0.15) is 11.8 Å². The Hall–Kier alpha value is -0.870. The van der Waals surface area contributed by atoms with E-state index < -0.39 is 0 Å². The van der Waals surface area contributed by atoms with Crippen LogP contribution in [0.25, 0.3) is 0 Å². The maximum absolute atomic E-state index is 5.64. The summed E-state index contributed by atoms with van der Waals surface area (Å²) in [4.78, 5) is 5.67. The number of halogens is 1. The average molecular weight is 231 g/mol. The first-order chi connectivity index (χ1) is 6.59. The predicted octanol–water partition coefficient (Wildman–Crippen LogP) is 2.10. The summed E-state index contributed by atoms with van der Waals surface area (Å²) in [5.41, 5.74) is 0.943. The molecule has 1 rings (SSSR count). The second-order valence-corrected chi connectivity index (χ2v) is 3.67. The fraction of sp³-hybridized carbons (Fsp3) is 0.333. The Bertz CT molecular complexity index is 313. The lowest BCUT2D eigenvalue weighted by atomic mass is 10.3. The van der Waals surface area contributed by atoms with Gasteiger partial charge >= 0.3 is 0 Å². The van der Waals surface area contributed by atoms with Crippen LogP contribution in [0.15, 0.2) is 18.3 Å². The molecule has 0 amide bonds. The number of hydrogen-bond donors (Lipinski definition) is 0. The molecule has 14 heavy (non-hydrogen) atoms. The number of hydrogen-bond acceptors (Lipinski definition) is 3. The summed E-state index contributed by atoms with van der Waals surface area (Å²) in [7, 11) is 3.67. The van der Waals surface area contributed by atoms with Crippen LogP contribution in [-0.4, -0.2) is 29.2 Å². The monoisotopic (exact) mass is 230 g/mol. The van der Waals surface area contributed by atoms with Crippen molar-refractivity contribution in [2.24, 2.45) is 0 Å². The molecule has 0 fully saturated rings. The summed E-state index contributed by atoms with van der Waals surface area (Å²) in [6, 6.07) is 3.58. The van der Waals surface area contributed by atoms with Gasteiger partial charge in [0.15, 0.2) is 0 Å². The second kappa shape index (κ2) is 5.12. The summed E-state index contributed by atoms with van der Waals surface area (Å²) >= 11 is 10.6. The van der Waals surface area contributed by atoms with Gasteiger partial charge in [-0.15, -0.1) is 0 Å². The topological polar surface area (TPSA) is 25.4 Å². The van der Waals surface area contributed by atoms with Gasteiger partial charge in [0.2, 0.25) is 0 Å². The lowest BCUT2D eigenvalue weighted by Gasteiger charge is -2.14. The summed E-state index contributed by atoms with van der Waals surface area (Å²) in [6.45, 7) is 0.418. The highest BCUT2D eigenvalue weighted by Gasteiger charge is 2.00. The molecule has 1 aromatic rings. The molecule has 0 aromatic carbocycles. The van der Waals surface area contributed by atoms with Crippen molar-refractivity contribution in [2.75, 3.05) is 14.1 Å². The van der Waals surface area contributed by atoms with E-state index in [2.05, 4.69) is 4.98 Å². The summed E-state index contributed by atoms with van der Waals surface area (Å²) in [6.07, 6.45) is 1.67. The predicted molar refractivity (Wildman–Crippen MR) is 60.3 cm³/mol. The Morgan fingerprint density at radius 2 is 2.29 bits per heavy atom. The normalized spacial score (nSPS) is 9.64. The Balaban J connectivity index is 2.46. The Kier molecular flexibility index (Phi) is 4.10. The van der Waals surface area contributed by atoms with E-state index in [1.54, 1.807) is 17.2 Å². The first-order valence-electron chi connectivity index (χ1n) is 4.04. The molecule has 1 aromatic heterocycles. The van der Waals surface area contributed by atoms with Crippen molar-refractivity contribution in [3.8, 4) is 0 Å². The van der Waals surface area contributed by atoms with Gasteiger partial charge in [-0.2, -0.15) is 0 Å². The molecule has 0 spiro atoms. The van der Waals surface area contributed by atoms with Crippen LogP contribution in [0.2, 0.25) is 5.15 Å². The Morgan fingerprint density at radius 3 is 2.79 bits per heavy atom. The van der Waals surface area contributed by atoms with Crippen molar-refractivity contribution < 1.29 is 4.74 Å². The van der Waals surface area contributed by atoms with Gasteiger partial charge in [0, 0.05) is 25.9 Å². The molecule has 0 unspecified atom stereocenters. The van der Waals surface area contributed by atoms with E-state index in [0.717, 1.165) is 5.56 Å². The number of rotatable bonds is 2. The molecular formula is C9H11ClN2OS. The third-order valence-electron chi connectivity index (χ3n) is 1.52. The van der Waals surface area contributed by atoms with Crippen LogP contribution in [0, 0.1) is 0 Å². The smallest absolute Gasteiger partial charge is 0.259 e. The first kappa shape index (κ1) is 11.2. The van der Waals surface area contributed by atoms with E-state index in [9.17, 15) is 0 Å². The van der Waals surface area contributed by atoms with Crippen molar-refractivity contribution in [3.05, 3.63) is 29.0 Å². The molecule has 0 saturated heterocycles. The van der Waals surface area contributed by atoms with Crippen molar-refractivity contribution in [2.45, 2.75) is 6.61 Å². The van der Waals surface area contributed by atoms with Crippen LogP contribution in [0.5, 0.6) is 0 Å². The van der Waals surface area contributed by atoms with E-state index in [-0.39, 0.29) is 0 Å². The Morgan fingerprint density at radius 1 is 1.57 bits per heavy atom. The van der Waals surface area contributed by atoms with Gasteiger partial charge in [0.05, 0.1) is 0 Å². The number of nitrogens with zero attached hydrogens (tertiary/aromatic N) is 2. The van der Waals surface area contributed by atoms with Crippen molar-refractivity contribution in [1.82, 2.24) is 9.88 Å². The number of ether oxygens (including phenoxy) is 1. The van der Waals surface area contributed by atoms with Gasteiger partial charge in [0.25, 0.3) is 5.17 Å². The number of thiocarbonyl (C=S) groups is 1. The quantitative estimate of drug-likeness (QED) is 0.574. The number of aromatic nitrogens is 1. The second-order valence-electron chi connectivity index (χ2n) is 2.94. The molecule has 0 saturated carbocycles. The van der Waals surface area contributed by atoms with Gasteiger partial charge in [-0.1, -0.05) is 17.7 Å². The van der Waals surface area contributed by atoms with Crippen molar-refractivity contribution >= 4 is 29.0 Å². The molecule has 5 heteroatoms. The lowest BCUT2D eigenvalue weighted by molar-refractivity contribution is 0.257. The number of pyridine rings is 1. The zero-order valence-electron chi connectivity index (χ0n) is 8.03. The van der Waals surface area contributed by atoms with E-state index in [1.807, 2.05) is 20.2 Å². The van der Waals surface area contributed by atoms with Gasteiger partial charge in [-0.3, -0.25) is 0 Å². The minimum Gasteiger partial charge on any atom is -0.466 e. The Labute approximate surface area is 93.6 Å². The third-order valence-corrected chi connectivity index (χ3v) is 2.22. The van der Waals surface area contributed by atoms with Crippen LogP contribution >= 0.6 is 23.8 Å². The van der Waals surface area contributed by atoms with Crippen LogP contribution in [0.1, 0.15) is 5.56 Å². The molecule has 0 N–H and O–H groups in total. The first-order valence-corrected chi connectivity index (χ1v) is 4.82. The summed E-state index contributed by atoms with van der Waals surface area (Å²) in [5.74, 6) is 0. The minimum atomic E-state index is 0.418. The van der Waals surface area contributed by atoms with Crippen molar-refractivity contribution in [3.63, 3.8) is 0 Å². The molecular weight excluding hydrogens is 220 g/mol. The molecule has 76 valence electrons. The van der Waals surface area contributed by atoms with Crippen molar-refractivity contribution in [1.29, 1.82) is 0 Å². The molecule has 0 aliphatic rings. The average Bonchev–Trinajstić information content (AvgIpc) is 2.16.